The van der Waals surface area contributed by atoms with Gasteiger partial charge in [0.25, 0.3) is 0 Å². The smallest absolute Gasteiger partial charge is 0.186 e. The Balaban J connectivity index is 1.69. The molecule has 2 heterocycles. The van der Waals surface area contributed by atoms with Gasteiger partial charge in [0.1, 0.15) is 0 Å². The number of ether oxygens (including phenoxy) is 2. The molecule has 2 bridgehead atoms. The molecule has 0 aromatic carbocycles. The lowest BCUT2D eigenvalue weighted by atomic mass is 9.42. The molecule has 0 aromatic heterocycles. The van der Waals surface area contributed by atoms with Gasteiger partial charge in [-0.15, -0.1) is 0 Å². The highest BCUT2D eigenvalue weighted by Crippen LogP contribution is 2.70. The number of methoxy groups -OCH3 is 1. The number of aliphatic imine (C=N–C) groups is 1. The van der Waals surface area contributed by atoms with Gasteiger partial charge in [-0.3, -0.25) is 0 Å². The molecule has 2 saturated heterocycles. The standard InChI is InChI=1S/C19H32N4O3/c1-23-8-7-18-14-10-3-4-12(24)15(14)26-16(18)11(22-17(20)21)5-6-19(18,25-2)13(23)9-10/h10-16,24H,3-9H2,1-2H3,(H4,20,21,22)/t10?,11-,12?,13?,14?,15?,16+,18+,19-/m1/s1. The van der Waals surface area contributed by atoms with Gasteiger partial charge < -0.3 is 30.9 Å². The van der Waals surface area contributed by atoms with Crippen LogP contribution in [0, 0.1) is 17.3 Å². The predicted molar refractivity (Wildman–Crippen MR) is 97.5 cm³/mol. The summed E-state index contributed by atoms with van der Waals surface area (Å²) in [7, 11) is 4.11. The minimum atomic E-state index is -0.387. The molecule has 0 radical (unpaired) electrons. The van der Waals surface area contributed by atoms with Crippen LogP contribution >= 0.6 is 0 Å². The summed E-state index contributed by atoms with van der Waals surface area (Å²) in [6.07, 6.45) is 5.33. The van der Waals surface area contributed by atoms with Crippen LogP contribution in [0.15, 0.2) is 4.99 Å². The topological polar surface area (TPSA) is 106 Å². The van der Waals surface area contributed by atoms with Crippen LogP contribution in [0.5, 0.6) is 0 Å². The normalized spacial score (nSPS) is 55.3. The minimum absolute atomic E-state index is 0.0381. The molecule has 26 heavy (non-hydrogen) atoms. The van der Waals surface area contributed by atoms with Gasteiger partial charge in [0.05, 0.1) is 30.0 Å². The molecule has 5 aliphatic rings. The average Bonchev–Trinajstić information content (AvgIpc) is 2.97. The number of hydrogen-bond donors (Lipinski definition) is 3. The van der Waals surface area contributed by atoms with E-state index in [1.54, 1.807) is 0 Å². The Morgan fingerprint density at radius 1 is 1.27 bits per heavy atom. The summed E-state index contributed by atoms with van der Waals surface area (Å²) in [5.74, 6) is 1.06. The first-order chi connectivity index (χ1) is 12.4. The first-order valence-corrected chi connectivity index (χ1v) is 10.1. The summed E-state index contributed by atoms with van der Waals surface area (Å²) in [5.41, 5.74) is 11.2. The molecule has 5 fully saturated rings. The predicted octanol–water partition coefficient (Wildman–Crippen LogP) is 0.0561. The molecule has 5 N–H and O–H groups in total. The molecule has 9 atom stereocenters. The van der Waals surface area contributed by atoms with Gasteiger partial charge in [-0.2, -0.15) is 0 Å². The van der Waals surface area contributed by atoms with E-state index in [0.29, 0.717) is 17.9 Å². The first kappa shape index (κ1) is 17.2. The van der Waals surface area contributed by atoms with Crippen LogP contribution in [0.4, 0.5) is 0 Å². The molecule has 1 spiro atoms. The summed E-state index contributed by atoms with van der Waals surface area (Å²) in [6, 6.07) is 0.367. The fraction of sp³-hybridized carbons (Fsp3) is 0.947. The lowest BCUT2D eigenvalue weighted by Crippen LogP contribution is -2.77. The second-order valence-electron chi connectivity index (χ2n) is 9.23. The number of aliphatic hydroxyl groups excluding tert-OH is 1. The summed E-state index contributed by atoms with van der Waals surface area (Å²) in [5, 5.41) is 10.8. The van der Waals surface area contributed by atoms with Gasteiger partial charge in [0, 0.05) is 24.5 Å². The average molecular weight is 364 g/mol. The van der Waals surface area contributed by atoms with Crippen molar-refractivity contribution >= 4 is 5.96 Å². The van der Waals surface area contributed by atoms with Crippen molar-refractivity contribution in [3.05, 3.63) is 0 Å². The van der Waals surface area contributed by atoms with Gasteiger partial charge in [0.15, 0.2) is 5.96 Å². The van der Waals surface area contributed by atoms with Crippen LogP contribution in [-0.4, -0.2) is 72.7 Å². The molecular weight excluding hydrogens is 332 g/mol. The van der Waals surface area contributed by atoms with Crippen LogP contribution in [0.1, 0.15) is 38.5 Å². The molecule has 0 aromatic rings. The highest BCUT2D eigenvalue weighted by atomic mass is 16.5. The van der Waals surface area contributed by atoms with Crippen molar-refractivity contribution in [1.82, 2.24) is 4.90 Å². The van der Waals surface area contributed by atoms with Crippen molar-refractivity contribution in [1.29, 1.82) is 0 Å². The number of aliphatic hydroxyl groups is 1. The third-order valence-corrected chi connectivity index (χ3v) is 8.58. The van der Waals surface area contributed by atoms with Crippen LogP contribution < -0.4 is 11.5 Å². The largest absolute Gasteiger partial charge is 0.390 e. The Kier molecular flexibility index (Phi) is 3.69. The van der Waals surface area contributed by atoms with E-state index in [9.17, 15) is 5.11 Å². The fourth-order valence-electron chi connectivity index (χ4n) is 7.85. The van der Waals surface area contributed by atoms with Gasteiger partial charge in [-0.25, -0.2) is 4.99 Å². The molecule has 0 amide bonds. The number of piperidine rings is 1. The monoisotopic (exact) mass is 364 g/mol. The number of hydrogen-bond acceptors (Lipinski definition) is 5. The zero-order valence-electron chi connectivity index (χ0n) is 15.8. The highest BCUT2D eigenvalue weighted by Gasteiger charge is 2.78. The summed E-state index contributed by atoms with van der Waals surface area (Å²) in [6.45, 7) is 1.04. The number of guanidine groups is 1. The Labute approximate surface area is 155 Å². The van der Waals surface area contributed by atoms with E-state index in [2.05, 4.69) is 16.9 Å². The van der Waals surface area contributed by atoms with E-state index >= 15 is 0 Å². The molecule has 5 rings (SSSR count). The van der Waals surface area contributed by atoms with E-state index < -0.39 is 0 Å². The van der Waals surface area contributed by atoms with E-state index in [0.717, 1.165) is 45.1 Å². The summed E-state index contributed by atoms with van der Waals surface area (Å²) in [4.78, 5) is 7.07. The molecular formula is C19H32N4O3. The Bertz CT molecular complexity index is 626. The van der Waals surface area contributed by atoms with Crippen molar-refractivity contribution in [2.45, 2.75) is 74.5 Å². The van der Waals surface area contributed by atoms with Crippen molar-refractivity contribution in [3.63, 3.8) is 0 Å². The van der Waals surface area contributed by atoms with Crippen LogP contribution in [0.25, 0.3) is 0 Å². The van der Waals surface area contributed by atoms with E-state index in [1.807, 2.05) is 7.11 Å². The maximum atomic E-state index is 10.8. The van der Waals surface area contributed by atoms with Gasteiger partial charge in [-0.05, 0) is 58.0 Å². The lowest BCUT2D eigenvalue weighted by molar-refractivity contribution is -0.267. The quantitative estimate of drug-likeness (QED) is 0.472. The molecule has 3 aliphatic carbocycles. The van der Waals surface area contributed by atoms with Crippen LogP contribution in [0.3, 0.4) is 0 Å². The molecule has 3 saturated carbocycles. The number of likely N-dealkylation sites (tertiary alicyclic amines) is 1. The molecule has 7 heteroatoms. The lowest BCUT2D eigenvalue weighted by Gasteiger charge is -2.69. The summed E-state index contributed by atoms with van der Waals surface area (Å²) >= 11 is 0. The summed E-state index contributed by atoms with van der Waals surface area (Å²) < 4.78 is 13.1. The molecule has 7 nitrogen and oxygen atoms in total. The van der Waals surface area contributed by atoms with Crippen molar-refractivity contribution in [2.75, 3.05) is 20.7 Å². The number of rotatable bonds is 2. The maximum Gasteiger partial charge on any atom is 0.186 e. The van der Waals surface area contributed by atoms with Crippen molar-refractivity contribution < 1.29 is 14.6 Å². The SMILES string of the molecule is CO[C@]12CC[C@@H](N=C(N)N)[C@@H]3OC4C(O)CCC5CC1N(C)CC[C@]32C54. The Morgan fingerprint density at radius 3 is 2.81 bits per heavy atom. The fourth-order valence-corrected chi connectivity index (χ4v) is 7.85. The zero-order chi connectivity index (χ0) is 18.3. The number of nitrogens with two attached hydrogens (primary N) is 2. The second-order valence-corrected chi connectivity index (χ2v) is 9.23. The van der Waals surface area contributed by atoms with E-state index in [4.69, 9.17) is 20.9 Å². The van der Waals surface area contributed by atoms with Gasteiger partial charge in [-0.1, -0.05) is 0 Å². The highest BCUT2D eigenvalue weighted by molar-refractivity contribution is 5.76. The van der Waals surface area contributed by atoms with Gasteiger partial charge in [0.2, 0.25) is 0 Å². The van der Waals surface area contributed by atoms with Crippen LogP contribution in [0.2, 0.25) is 0 Å². The van der Waals surface area contributed by atoms with Gasteiger partial charge >= 0.3 is 0 Å². The van der Waals surface area contributed by atoms with E-state index in [-0.39, 0.29) is 41.3 Å². The maximum absolute atomic E-state index is 10.8. The van der Waals surface area contributed by atoms with E-state index in [1.165, 1.54) is 0 Å². The molecule has 146 valence electrons. The van der Waals surface area contributed by atoms with Crippen molar-refractivity contribution in [3.8, 4) is 0 Å². The van der Waals surface area contributed by atoms with Crippen LogP contribution in [-0.2, 0) is 9.47 Å². The molecule has 5 unspecified atom stereocenters. The van der Waals surface area contributed by atoms with Crippen molar-refractivity contribution in [2.24, 2.45) is 33.7 Å². The Hall–Kier alpha value is -0.890. The second kappa shape index (κ2) is 5.56. The minimum Gasteiger partial charge on any atom is -0.390 e. The number of likely N-dealkylation sites (N-methyl/N-ethyl adjacent to an activating group) is 1. The third kappa shape index (κ3) is 1.85. The molecule has 2 aliphatic heterocycles. The zero-order valence-corrected chi connectivity index (χ0v) is 15.8. The Morgan fingerprint density at radius 2 is 2.08 bits per heavy atom. The first-order valence-electron chi connectivity index (χ1n) is 10.1. The number of nitrogens with zero attached hydrogens (tertiary/aromatic N) is 2. The third-order valence-electron chi connectivity index (χ3n) is 8.58.